The first-order chi connectivity index (χ1) is 6.24. The molecule has 1 aromatic carbocycles. The summed E-state index contributed by atoms with van der Waals surface area (Å²) in [6.07, 6.45) is 0. The molecule has 0 bridgehead atoms. The lowest BCUT2D eigenvalue weighted by Gasteiger charge is -2.03. The average molecular weight is 308 g/mol. The quantitative estimate of drug-likeness (QED) is 0.731. The van der Waals surface area contributed by atoms with Crippen molar-refractivity contribution < 1.29 is 9.13 Å². The predicted octanol–water partition coefficient (Wildman–Crippen LogP) is 3.65. The number of hydrogen-bond donors (Lipinski definition) is 0. The van der Waals surface area contributed by atoms with Crippen LogP contribution in [-0.4, -0.2) is 7.11 Å². The van der Waals surface area contributed by atoms with Crippen molar-refractivity contribution in [1.82, 2.24) is 0 Å². The lowest BCUT2D eigenvalue weighted by Crippen LogP contribution is -1.87. The van der Waals surface area contributed by atoms with Gasteiger partial charge in [-0.2, -0.15) is 0 Å². The summed E-state index contributed by atoms with van der Waals surface area (Å²) in [5.74, 6) is 0.591. The first-order valence-electron chi connectivity index (χ1n) is 3.63. The molecule has 0 saturated heterocycles. The molecule has 4 heteroatoms. The zero-order valence-electron chi connectivity index (χ0n) is 6.80. The minimum atomic E-state index is -0.155. The van der Waals surface area contributed by atoms with Crippen LogP contribution < -0.4 is 4.74 Å². The van der Waals surface area contributed by atoms with Crippen molar-refractivity contribution in [2.75, 3.05) is 7.11 Å². The fraction of sp³-hybridized carbons (Fsp3) is 0.111. The van der Waals surface area contributed by atoms with Gasteiger partial charge in [-0.3, -0.25) is 0 Å². The van der Waals surface area contributed by atoms with E-state index < -0.39 is 0 Å². The highest BCUT2D eigenvalue weighted by molar-refractivity contribution is 14.1. The number of hydrogen-bond acceptors (Lipinski definition) is 2. The number of methoxy groups -OCH3 is 1. The molecule has 1 aromatic heterocycles. The van der Waals surface area contributed by atoms with Crippen LogP contribution in [0.4, 0.5) is 4.39 Å². The number of rotatable bonds is 1. The fourth-order valence-electron chi connectivity index (χ4n) is 1.20. The molecule has 0 fully saturated rings. The summed E-state index contributed by atoms with van der Waals surface area (Å²) >= 11 is 3.46. The summed E-state index contributed by atoms with van der Waals surface area (Å²) in [5.41, 5.74) is 0. The van der Waals surface area contributed by atoms with Gasteiger partial charge in [0.15, 0.2) is 0 Å². The van der Waals surface area contributed by atoms with Gasteiger partial charge in [-0.15, -0.1) is 11.3 Å². The van der Waals surface area contributed by atoms with E-state index in [9.17, 15) is 4.39 Å². The Morgan fingerprint density at radius 1 is 1.54 bits per heavy atom. The van der Waals surface area contributed by atoms with Gasteiger partial charge in [-0.05, 0) is 40.1 Å². The van der Waals surface area contributed by atoms with Gasteiger partial charge in [0, 0.05) is 5.39 Å². The van der Waals surface area contributed by atoms with Crippen LogP contribution in [0.2, 0.25) is 0 Å². The van der Waals surface area contributed by atoms with Crippen LogP contribution in [-0.2, 0) is 0 Å². The van der Waals surface area contributed by atoms with Crippen molar-refractivity contribution >= 4 is 44.0 Å². The maximum atomic E-state index is 13.5. The van der Waals surface area contributed by atoms with Gasteiger partial charge in [-0.1, -0.05) is 0 Å². The summed E-state index contributed by atoms with van der Waals surface area (Å²) in [5, 5.41) is 2.51. The zero-order chi connectivity index (χ0) is 9.42. The van der Waals surface area contributed by atoms with Crippen molar-refractivity contribution in [3.63, 3.8) is 0 Å². The molecule has 0 radical (unpaired) electrons. The smallest absolute Gasteiger partial charge is 0.145 e. The summed E-state index contributed by atoms with van der Waals surface area (Å²) in [7, 11) is 1.60. The summed E-state index contributed by atoms with van der Waals surface area (Å²) < 4.78 is 20.1. The zero-order valence-corrected chi connectivity index (χ0v) is 9.78. The van der Waals surface area contributed by atoms with E-state index in [4.69, 9.17) is 4.74 Å². The second kappa shape index (κ2) is 3.42. The van der Waals surface area contributed by atoms with E-state index in [1.54, 1.807) is 19.2 Å². The average Bonchev–Trinajstić information content (AvgIpc) is 2.60. The van der Waals surface area contributed by atoms with Crippen LogP contribution in [0.1, 0.15) is 0 Å². The molecule has 0 aliphatic heterocycles. The third-order valence-corrected chi connectivity index (χ3v) is 3.53. The van der Waals surface area contributed by atoms with Crippen LogP contribution in [0.3, 0.4) is 0 Å². The first kappa shape index (κ1) is 9.21. The van der Waals surface area contributed by atoms with Crippen molar-refractivity contribution in [2.24, 2.45) is 0 Å². The molecule has 1 nitrogen and oxygen atoms in total. The number of benzene rings is 1. The number of halogens is 2. The molecular formula is C9H6FIOS. The van der Waals surface area contributed by atoms with Crippen molar-refractivity contribution in [2.45, 2.75) is 0 Å². The van der Waals surface area contributed by atoms with Crippen LogP contribution in [0, 0.1) is 9.39 Å². The highest BCUT2D eigenvalue weighted by Crippen LogP contribution is 2.34. The van der Waals surface area contributed by atoms with Gasteiger partial charge in [0.2, 0.25) is 0 Å². The van der Waals surface area contributed by atoms with Gasteiger partial charge < -0.3 is 4.74 Å². The predicted molar refractivity (Wildman–Crippen MR) is 61.1 cm³/mol. The Morgan fingerprint density at radius 2 is 2.31 bits per heavy atom. The molecule has 13 heavy (non-hydrogen) atoms. The highest BCUT2D eigenvalue weighted by Gasteiger charge is 2.11. The topological polar surface area (TPSA) is 9.23 Å². The Bertz CT molecular complexity index is 452. The maximum absolute atomic E-state index is 13.5. The van der Waals surface area contributed by atoms with Crippen molar-refractivity contribution in [1.29, 1.82) is 0 Å². The second-order valence-electron chi connectivity index (χ2n) is 2.54. The largest absolute Gasteiger partial charge is 0.495 e. The normalized spacial score (nSPS) is 10.7. The molecule has 2 aromatic rings. The molecule has 0 saturated carbocycles. The van der Waals surface area contributed by atoms with E-state index in [0.717, 1.165) is 10.4 Å². The Kier molecular flexibility index (Phi) is 2.42. The van der Waals surface area contributed by atoms with Gasteiger partial charge in [0.1, 0.15) is 11.6 Å². The monoisotopic (exact) mass is 308 g/mol. The molecule has 0 N–H and O–H groups in total. The molecule has 0 atom stereocenters. The van der Waals surface area contributed by atoms with Crippen LogP contribution >= 0.6 is 33.9 Å². The maximum Gasteiger partial charge on any atom is 0.145 e. The standard InChI is InChI=1S/C9H6FIOS/c1-12-7-4-6(11)8(10)5-2-3-13-9(5)7/h2-4H,1H3. The lowest BCUT2D eigenvalue weighted by atomic mass is 10.2. The molecule has 0 amide bonds. The minimum Gasteiger partial charge on any atom is -0.495 e. The Labute approximate surface area is 92.7 Å². The summed E-state index contributed by atoms with van der Waals surface area (Å²) in [4.78, 5) is 0. The Hall–Kier alpha value is -0.360. The van der Waals surface area contributed by atoms with E-state index >= 15 is 0 Å². The third kappa shape index (κ3) is 1.42. The molecule has 2 rings (SSSR count). The molecule has 0 aliphatic rings. The molecule has 68 valence electrons. The van der Waals surface area contributed by atoms with E-state index in [2.05, 4.69) is 0 Å². The molecule has 0 unspecified atom stereocenters. The SMILES string of the molecule is COc1cc(I)c(F)c2ccsc12. The highest BCUT2D eigenvalue weighted by atomic mass is 127. The van der Waals surface area contributed by atoms with Gasteiger partial charge in [0.05, 0.1) is 15.4 Å². The van der Waals surface area contributed by atoms with Gasteiger partial charge in [0.25, 0.3) is 0 Å². The second-order valence-corrected chi connectivity index (χ2v) is 4.62. The Morgan fingerprint density at radius 3 is 3.00 bits per heavy atom. The fourth-order valence-corrected chi connectivity index (χ4v) is 2.65. The van der Waals surface area contributed by atoms with E-state index in [1.165, 1.54) is 11.3 Å². The molecule has 0 aliphatic carbocycles. The van der Waals surface area contributed by atoms with Gasteiger partial charge in [-0.25, -0.2) is 4.39 Å². The van der Waals surface area contributed by atoms with Gasteiger partial charge >= 0.3 is 0 Å². The number of fused-ring (bicyclic) bond motifs is 1. The Balaban J connectivity index is 2.87. The van der Waals surface area contributed by atoms with Crippen molar-refractivity contribution in [3.05, 3.63) is 26.9 Å². The molecule has 1 heterocycles. The molecule has 0 spiro atoms. The van der Waals surface area contributed by atoms with Crippen LogP contribution in [0.25, 0.3) is 10.1 Å². The molecular weight excluding hydrogens is 302 g/mol. The van der Waals surface area contributed by atoms with Crippen LogP contribution in [0.15, 0.2) is 17.5 Å². The summed E-state index contributed by atoms with van der Waals surface area (Å²) in [6.45, 7) is 0. The van der Waals surface area contributed by atoms with E-state index in [0.29, 0.717) is 8.96 Å². The van der Waals surface area contributed by atoms with Crippen molar-refractivity contribution in [3.8, 4) is 5.75 Å². The van der Waals surface area contributed by atoms with E-state index in [1.807, 2.05) is 28.0 Å². The van der Waals surface area contributed by atoms with Crippen LogP contribution in [0.5, 0.6) is 5.75 Å². The summed E-state index contributed by atoms with van der Waals surface area (Å²) in [6, 6.07) is 3.49. The minimum absolute atomic E-state index is 0.155. The number of ether oxygens (including phenoxy) is 1. The third-order valence-electron chi connectivity index (χ3n) is 1.81. The van der Waals surface area contributed by atoms with E-state index in [-0.39, 0.29) is 5.82 Å². The lowest BCUT2D eigenvalue weighted by molar-refractivity contribution is 0.419. The first-order valence-corrected chi connectivity index (χ1v) is 5.59. The number of thiophene rings is 1.